The summed E-state index contributed by atoms with van der Waals surface area (Å²) in [6, 6.07) is 21.4. The van der Waals surface area contributed by atoms with E-state index in [2.05, 4.69) is 53.4 Å². The monoisotopic (exact) mass is 433 g/mol. The number of benzene rings is 2. The number of piperazine rings is 1. The lowest BCUT2D eigenvalue weighted by Crippen LogP contribution is -2.50. The average Bonchev–Trinajstić information content (AvgIpc) is 3.67. The molecule has 3 aliphatic rings. The number of nitrogens with zero attached hydrogens (tertiary/aromatic N) is 3. The Kier molecular flexibility index (Phi) is 6.23. The second-order valence-electron chi connectivity index (χ2n) is 8.97. The maximum absolute atomic E-state index is 13.1. The first-order valence-corrected chi connectivity index (χ1v) is 11.7. The van der Waals surface area contributed by atoms with Gasteiger partial charge in [0.2, 0.25) is 11.8 Å². The first kappa shape index (κ1) is 21.2. The summed E-state index contributed by atoms with van der Waals surface area (Å²) in [5.74, 6) is 0.0432. The standard InChI is InChI=1S/C26H31N3O3/c30-25(22-19-23(22)26(31)29-15-17-32-18-16-29)28-13-11-27(12-14-28)24(20-7-3-1-4-8-20)21-9-5-2-6-10-21/h1-10,22-24H,11-19H2. The quantitative estimate of drug-likeness (QED) is 0.727. The average molecular weight is 434 g/mol. The van der Waals surface area contributed by atoms with Gasteiger partial charge in [0, 0.05) is 39.3 Å². The Balaban J connectivity index is 1.21. The van der Waals surface area contributed by atoms with Crippen LogP contribution in [0.2, 0.25) is 0 Å². The number of hydrogen-bond acceptors (Lipinski definition) is 4. The van der Waals surface area contributed by atoms with E-state index in [9.17, 15) is 9.59 Å². The molecule has 6 heteroatoms. The van der Waals surface area contributed by atoms with Gasteiger partial charge in [0.05, 0.1) is 31.1 Å². The summed E-state index contributed by atoms with van der Waals surface area (Å²) in [5.41, 5.74) is 2.55. The van der Waals surface area contributed by atoms with Crippen LogP contribution in [0, 0.1) is 11.8 Å². The van der Waals surface area contributed by atoms with Gasteiger partial charge in [-0.1, -0.05) is 60.7 Å². The minimum Gasteiger partial charge on any atom is -0.378 e. The Morgan fingerprint density at radius 3 is 1.66 bits per heavy atom. The van der Waals surface area contributed by atoms with Crippen LogP contribution < -0.4 is 0 Å². The molecule has 32 heavy (non-hydrogen) atoms. The van der Waals surface area contributed by atoms with Gasteiger partial charge < -0.3 is 14.5 Å². The topological polar surface area (TPSA) is 53.1 Å². The predicted octanol–water partition coefficient (Wildman–Crippen LogP) is 2.42. The highest BCUT2D eigenvalue weighted by atomic mass is 16.5. The smallest absolute Gasteiger partial charge is 0.226 e. The molecule has 2 atom stereocenters. The molecule has 1 saturated carbocycles. The number of hydrogen-bond donors (Lipinski definition) is 0. The van der Waals surface area contributed by atoms with Gasteiger partial charge in [-0.25, -0.2) is 0 Å². The number of carbonyl (C=O) groups excluding carboxylic acids is 2. The van der Waals surface area contributed by atoms with E-state index in [1.165, 1.54) is 11.1 Å². The van der Waals surface area contributed by atoms with Crippen LogP contribution in [0.25, 0.3) is 0 Å². The van der Waals surface area contributed by atoms with Gasteiger partial charge in [-0.3, -0.25) is 14.5 Å². The normalized spacial score (nSPS) is 23.9. The Bertz CT molecular complexity index is 882. The molecular formula is C26H31N3O3. The highest BCUT2D eigenvalue weighted by molar-refractivity contribution is 5.92. The Morgan fingerprint density at radius 2 is 1.16 bits per heavy atom. The molecule has 168 valence electrons. The van der Waals surface area contributed by atoms with Crippen molar-refractivity contribution < 1.29 is 14.3 Å². The first-order chi connectivity index (χ1) is 15.7. The van der Waals surface area contributed by atoms with Crippen LogP contribution in [-0.4, -0.2) is 79.0 Å². The minimum absolute atomic E-state index is 0.125. The molecule has 2 heterocycles. The highest BCUT2D eigenvalue weighted by Gasteiger charge is 2.51. The predicted molar refractivity (Wildman–Crippen MR) is 122 cm³/mol. The maximum atomic E-state index is 13.1. The number of amides is 2. The molecule has 2 unspecified atom stereocenters. The van der Waals surface area contributed by atoms with E-state index in [1.54, 1.807) is 0 Å². The van der Waals surface area contributed by atoms with Gasteiger partial charge in [0.25, 0.3) is 0 Å². The molecule has 2 aromatic rings. The van der Waals surface area contributed by atoms with Crippen molar-refractivity contribution in [2.45, 2.75) is 12.5 Å². The molecule has 6 nitrogen and oxygen atoms in total. The Labute approximate surface area is 189 Å². The summed E-state index contributed by atoms with van der Waals surface area (Å²) in [5, 5.41) is 0. The summed E-state index contributed by atoms with van der Waals surface area (Å²) in [4.78, 5) is 32.1. The van der Waals surface area contributed by atoms with Gasteiger partial charge in [-0.05, 0) is 17.5 Å². The van der Waals surface area contributed by atoms with Crippen LogP contribution in [-0.2, 0) is 14.3 Å². The Hall–Kier alpha value is -2.70. The third kappa shape index (κ3) is 4.43. The van der Waals surface area contributed by atoms with Crippen molar-refractivity contribution >= 4 is 11.8 Å². The molecule has 2 saturated heterocycles. The lowest BCUT2D eigenvalue weighted by molar-refractivity contribution is -0.141. The molecule has 5 rings (SSSR count). The van der Waals surface area contributed by atoms with E-state index in [0.29, 0.717) is 45.8 Å². The number of rotatable bonds is 5. The van der Waals surface area contributed by atoms with E-state index in [0.717, 1.165) is 13.1 Å². The summed E-state index contributed by atoms with van der Waals surface area (Å²) in [6.07, 6.45) is 0.700. The molecule has 2 aliphatic heterocycles. The van der Waals surface area contributed by atoms with Crippen LogP contribution in [0.15, 0.2) is 60.7 Å². The number of morpholine rings is 1. The van der Waals surface area contributed by atoms with Gasteiger partial charge in [0.15, 0.2) is 0 Å². The number of carbonyl (C=O) groups is 2. The minimum atomic E-state index is -0.129. The van der Waals surface area contributed by atoms with Gasteiger partial charge in [-0.15, -0.1) is 0 Å². The lowest BCUT2D eigenvalue weighted by Gasteiger charge is -2.40. The molecular weight excluding hydrogens is 402 g/mol. The lowest BCUT2D eigenvalue weighted by atomic mass is 9.96. The van der Waals surface area contributed by atoms with Crippen LogP contribution in [0.4, 0.5) is 0 Å². The zero-order valence-corrected chi connectivity index (χ0v) is 18.4. The van der Waals surface area contributed by atoms with E-state index in [1.807, 2.05) is 21.9 Å². The van der Waals surface area contributed by atoms with Crippen molar-refractivity contribution in [1.82, 2.24) is 14.7 Å². The fourth-order valence-electron chi connectivity index (χ4n) is 5.08. The largest absolute Gasteiger partial charge is 0.378 e. The molecule has 2 amide bonds. The van der Waals surface area contributed by atoms with Gasteiger partial charge in [0.1, 0.15) is 0 Å². The van der Waals surface area contributed by atoms with Crippen molar-refractivity contribution in [1.29, 1.82) is 0 Å². The van der Waals surface area contributed by atoms with Crippen LogP contribution in [0.1, 0.15) is 23.6 Å². The van der Waals surface area contributed by atoms with E-state index >= 15 is 0 Å². The van der Waals surface area contributed by atoms with Crippen LogP contribution >= 0.6 is 0 Å². The summed E-state index contributed by atoms with van der Waals surface area (Å²) < 4.78 is 5.34. The molecule has 2 aromatic carbocycles. The van der Waals surface area contributed by atoms with E-state index in [4.69, 9.17) is 4.74 Å². The first-order valence-electron chi connectivity index (χ1n) is 11.7. The number of ether oxygens (including phenoxy) is 1. The van der Waals surface area contributed by atoms with Crippen molar-refractivity contribution in [3.8, 4) is 0 Å². The fourth-order valence-corrected chi connectivity index (χ4v) is 5.08. The maximum Gasteiger partial charge on any atom is 0.226 e. The fraction of sp³-hybridized carbons (Fsp3) is 0.462. The van der Waals surface area contributed by atoms with Crippen molar-refractivity contribution in [3.05, 3.63) is 71.8 Å². The molecule has 0 N–H and O–H groups in total. The molecule has 0 spiro atoms. The van der Waals surface area contributed by atoms with Crippen LogP contribution in [0.5, 0.6) is 0 Å². The second-order valence-corrected chi connectivity index (χ2v) is 8.97. The third-order valence-electron chi connectivity index (χ3n) is 6.97. The van der Waals surface area contributed by atoms with Gasteiger partial charge in [-0.2, -0.15) is 0 Å². The summed E-state index contributed by atoms with van der Waals surface area (Å²) in [6.45, 7) is 5.58. The molecule has 0 bridgehead atoms. The Morgan fingerprint density at radius 1 is 0.688 bits per heavy atom. The molecule has 0 aromatic heterocycles. The van der Waals surface area contributed by atoms with Crippen molar-refractivity contribution in [2.75, 3.05) is 52.5 Å². The van der Waals surface area contributed by atoms with Crippen molar-refractivity contribution in [3.63, 3.8) is 0 Å². The van der Waals surface area contributed by atoms with Gasteiger partial charge >= 0.3 is 0 Å². The molecule has 3 fully saturated rings. The van der Waals surface area contributed by atoms with E-state index < -0.39 is 0 Å². The zero-order valence-electron chi connectivity index (χ0n) is 18.4. The third-order valence-corrected chi connectivity index (χ3v) is 6.97. The van der Waals surface area contributed by atoms with E-state index in [-0.39, 0.29) is 29.7 Å². The zero-order chi connectivity index (χ0) is 21.9. The van der Waals surface area contributed by atoms with Crippen molar-refractivity contribution in [2.24, 2.45) is 11.8 Å². The molecule has 1 aliphatic carbocycles. The SMILES string of the molecule is O=C(C1CC1C(=O)N1CCN(C(c2ccccc2)c2ccccc2)CC1)N1CCOCC1. The molecule has 0 radical (unpaired) electrons. The second kappa shape index (κ2) is 9.43. The summed E-state index contributed by atoms with van der Waals surface area (Å²) >= 11 is 0. The van der Waals surface area contributed by atoms with Crippen LogP contribution in [0.3, 0.4) is 0 Å². The summed E-state index contributed by atoms with van der Waals surface area (Å²) in [7, 11) is 0. The highest BCUT2D eigenvalue weighted by Crippen LogP contribution is 2.42.